The zero-order valence-electron chi connectivity index (χ0n) is 47.0. The molecular formula is C64H102CaO6S2. The van der Waals surface area contributed by atoms with Crippen LogP contribution in [0.4, 0.5) is 0 Å². The second-order valence-electron chi connectivity index (χ2n) is 21.4. The molecule has 0 amide bonds. The molecule has 0 spiro atoms. The molecule has 6 nitrogen and oxygen atoms in total. The van der Waals surface area contributed by atoms with E-state index in [1.54, 1.807) is 24.3 Å². The fourth-order valence-electron chi connectivity index (χ4n) is 10.6. The van der Waals surface area contributed by atoms with E-state index < -0.39 is 20.2 Å². The van der Waals surface area contributed by atoms with Crippen molar-refractivity contribution >= 4 is 79.5 Å². The van der Waals surface area contributed by atoms with Gasteiger partial charge in [-0.25, -0.2) is 16.8 Å². The SMILES string of the molecule is CCCCCCCCCCCc1cc(S(=O)(=O)[O-])c2cccc(CCCCCCCCCCC)c2c1.CCCCCCCCCCCc1cc(S(=O)(=O)[O-])c2cccc(CCCCCCCCCCC)c2c1.[Ca+2]. The van der Waals surface area contributed by atoms with Gasteiger partial charge in [0.2, 0.25) is 0 Å². The molecule has 0 unspecified atom stereocenters. The third kappa shape index (κ3) is 29.2. The first kappa shape index (κ1) is 67.6. The molecule has 0 saturated carbocycles. The van der Waals surface area contributed by atoms with Gasteiger partial charge in [0.25, 0.3) is 0 Å². The van der Waals surface area contributed by atoms with Crippen molar-refractivity contribution in [2.75, 3.05) is 0 Å². The van der Waals surface area contributed by atoms with Crippen LogP contribution >= 0.6 is 0 Å². The molecule has 0 fully saturated rings. The number of fused-ring (bicyclic) bond motifs is 2. The molecule has 0 N–H and O–H groups in total. The largest absolute Gasteiger partial charge is 2.00 e. The van der Waals surface area contributed by atoms with Crippen LogP contribution < -0.4 is 0 Å². The minimum absolute atomic E-state index is 0. The van der Waals surface area contributed by atoms with Crippen LogP contribution in [0, 0.1) is 0 Å². The molecular weight excluding hydrogens is 969 g/mol. The van der Waals surface area contributed by atoms with Crippen molar-refractivity contribution < 1.29 is 25.9 Å². The van der Waals surface area contributed by atoms with Gasteiger partial charge in [0, 0.05) is 0 Å². The van der Waals surface area contributed by atoms with Crippen molar-refractivity contribution in [2.24, 2.45) is 0 Å². The van der Waals surface area contributed by atoms with E-state index >= 15 is 0 Å². The van der Waals surface area contributed by atoms with Crippen molar-refractivity contribution in [1.29, 1.82) is 0 Å². The van der Waals surface area contributed by atoms with Gasteiger partial charge in [-0.3, -0.25) is 0 Å². The van der Waals surface area contributed by atoms with Crippen molar-refractivity contribution in [3.05, 3.63) is 82.9 Å². The molecule has 4 aromatic carbocycles. The minimum atomic E-state index is -4.51. The molecule has 0 radical (unpaired) electrons. The second-order valence-corrected chi connectivity index (χ2v) is 24.1. The van der Waals surface area contributed by atoms with Gasteiger partial charge in [0.05, 0.1) is 9.79 Å². The monoisotopic (exact) mass is 1070 g/mol. The van der Waals surface area contributed by atoms with Gasteiger partial charge >= 0.3 is 37.7 Å². The molecule has 0 aliphatic rings. The van der Waals surface area contributed by atoms with E-state index in [4.69, 9.17) is 0 Å². The third-order valence-corrected chi connectivity index (χ3v) is 16.7. The third-order valence-electron chi connectivity index (χ3n) is 15.0. The van der Waals surface area contributed by atoms with Gasteiger partial charge in [-0.15, -0.1) is 0 Å². The summed E-state index contributed by atoms with van der Waals surface area (Å²) < 4.78 is 72.6. The van der Waals surface area contributed by atoms with E-state index in [9.17, 15) is 25.9 Å². The maximum atomic E-state index is 12.1. The summed E-state index contributed by atoms with van der Waals surface area (Å²) in [5.41, 5.74) is 4.32. The maximum absolute atomic E-state index is 12.1. The molecule has 9 heteroatoms. The molecule has 0 bridgehead atoms. The fraction of sp³-hybridized carbons (Fsp3) is 0.688. The second kappa shape index (κ2) is 41.6. The Labute approximate surface area is 478 Å². The molecule has 73 heavy (non-hydrogen) atoms. The fourth-order valence-corrected chi connectivity index (χ4v) is 12.1. The van der Waals surface area contributed by atoms with E-state index in [-0.39, 0.29) is 47.5 Å². The van der Waals surface area contributed by atoms with Gasteiger partial charge in [0.15, 0.2) is 0 Å². The first-order chi connectivity index (χ1) is 34.9. The molecule has 0 heterocycles. The first-order valence-corrected chi connectivity index (χ1v) is 32.8. The van der Waals surface area contributed by atoms with Gasteiger partial charge < -0.3 is 9.11 Å². The maximum Gasteiger partial charge on any atom is 2.00 e. The van der Waals surface area contributed by atoms with Crippen LogP contribution in [-0.2, 0) is 45.9 Å². The van der Waals surface area contributed by atoms with Crippen LogP contribution in [0.2, 0.25) is 0 Å². The zero-order chi connectivity index (χ0) is 52.1. The summed E-state index contributed by atoms with van der Waals surface area (Å²) in [6.45, 7) is 9.00. The Morgan fingerprint density at radius 3 is 0.781 bits per heavy atom. The topological polar surface area (TPSA) is 114 Å². The molecule has 0 aromatic heterocycles. The Balaban J connectivity index is 0.000000493. The van der Waals surface area contributed by atoms with Gasteiger partial charge in [0.1, 0.15) is 20.2 Å². The number of benzene rings is 4. The van der Waals surface area contributed by atoms with Gasteiger partial charge in [-0.05, 0) is 107 Å². The number of aryl methyl sites for hydroxylation is 4. The van der Waals surface area contributed by atoms with Crippen molar-refractivity contribution in [3.8, 4) is 0 Å². The Bertz CT molecular complexity index is 2100. The molecule has 0 aliphatic carbocycles. The summed E-state index contributed by atoms with van der Waals surface area (Å²) in [7, 11) is -9.02. The van der Waals surface area contributed by atoms with Crippen LogP contribution in [-0.4, -0.2) is 63.7 Å². The Morgan fingerprint density at radius 1 is 0.301 bits per heavy atom. The Kier molecular flexibility index (Phi) is 38.5. The summed E-state index contributed by atoms with van der Waals surface area (Å²) >= 11 is 0. The van der Waals surface area contributed by atoms with Gasteiger partial charge in [-0.1, -0.05) is 282 Å². The van der Waals surface area contributed by atoms with Crippen molar-refractivity contribution in [2.45, 2.75) is 294 Å². The molecule has 0 saturated heterocycles. The molecule has 0 aliphatic heterocycles. The predicted molar refractivity (Wildman–Crippen MR) is 313 cm³/mol. The van der Waals surface area contributed by atoms with E-state index in [0.29, 0.717) is 10.8 Å². The van der Waals surface area contributed by atoms with Crippen molar-refractivity contribution in [3.63, 3.8) is 0 Å². The summed E-state index contributed by atoms with van der Waals surface area (Å²) in [5, 5.41) is 3.10. The van der Waals surface area contributed by atoms with Crippen LogP contribution in [0.1, 0.15) is 281 Å². The summed E-state index contributed by atoms with van der Waals surface area (Å²) in [5.74, 6) is 0. The molecule has 0 atom stereocenters. The van der Waals surface area contributed by atoms with Crippen LogP contribution in [0.5, 0.6) is 0 Å². The smallest absolute Gasteiger partial charge is 0.744 e. The minimum Gasteiger partial charge on any atom is -0.744 e. The van der Waals surface area contributed by atoms with E-state index in [0.717, 1.165) is 86.1 Å². The van der Waals surface area contributed by atoms with E-state index in [1.165, 1.54) is 204 Å². The van der Waals surface area contributed by atoms with Crippen molar-refractivity contribution in [1.82, 2.24) is 0 Å². The normalized spacial score (nSPS) is 11.8. The molecule has 4 rings (SSSR count). The van der Waals surface area contributed by atoms with Crippen LogP contribution in [0.15, 0.2) is 70.5 Å². The summed E-state index contributed by atoms with van der Waals surface area (Å²) in [6, 6.07) is 19.2. The predicted octanol–water partition coefficient (Wildman–Crippen LogP) is 19.4. The number of hydrogen-bond donors (Lipinski definition) is 0. The number of unbranched alkanes of at least 4 members (excludes halogenated alkanes) is 32. The molecule has 4 aromatic rings. The average molecular weight is 1070 g/mol. The van der Waals surface area contributed by atoms with Crippen LogP contribution in [0.3, 0.4) is 0 Å². The van der Waals surface area contributed by atoms with E-state index in [1.807, 2.05) is 12.1 Å². The quantitative estimate of drug-likeness (QED) is 0.0248. The molecule has 408 valence electrons. The standard InChI is InChI=1S/2C32H52O3S.Ca/c2*1-3-5-7-9-11-13-15-17-19-22-28-26-31-29(23-20-18-16-14-12-10-8-6-4-2)24-21-25-30(31)32(27-28)36(33,34)35;/h2*21,24-27H,3-20,22-23H2,1-2H3,(H,33,34,35);/q;;+2/p-2. The zero-order valence-corrected chi connectivity index (χ0v) is 50.9. The first-order valence-electron chi connectivity index (χ1n) is 29.9. The Hall–Kier alpha value is -1.52. The Morgan fingerprint density at radius 2 is 0.534 bits per heavy atom. The summed E-state index contributed by atoms with van der Waals surface area (Å²) in [4.78, 5) is -0.0836. The van der Waals surface area contributed by atoms with Gasteiger partial charge in [-0.2, -0.15) is 0 Å². The summed E-state index contributed by atoms with van der Waals surface area (Å²) in [6.07, 6.45) is 49.4. The van der Waals surface area contributed by atoms with E-state index in [2.05, 4.69) is 52.0 Å². The number of rotatable bonds is 42. The number of hydrogen-bond acceptors (Lipinski definition) is 6. The van der Waals surface area contributed by atoms with Crippen LogP contribution in [0.25, 0.3) is 21.5 Å². The average Bonchev–Trinajstić information content (AvgIpc) is 3.36.